The van der Waals surface area contributed by atoms with E-state index in [2.05, 4.69) is 26.0 Å². The predicted octanol–water partition coefficient (Wildman–Crippen LogP) is 4.52. The molecule has 0 saturated carbocycles. The first-order chi connectivity index (χ1) is 10.9. The first-order valence-electron chi connectivity index (χ1n) is 8.04. The van der Waals surface area contributed by atoms with Gasteiger partial charge in [-0.05, 0) is 49.2 Å². The third kappa shape index (κ3) is 4.73. The van der Waals surface area contributed by atoms with E-state index in [1.807, 2.05) is 38.1 Å². The van der Waals surface area contributed by atoms with Crippen molar-refractivity contribution in [3.63, 3.8) is 0 Å². The molecule has 2 aromatic rings. The molecule has 0 aromatic heterocycles. The number of phenols is 1. The van der Waals surface area contributed by atoms with Gasteiger partial charge >= 0.3 is 0 Å². The molecular weight excluding hydrogens is 288 g/mol. The molecule has 0 radical (unpaired) electrons. The van der Waals surface area contributed by atoms with Gasteiger partial charge in [0, 0.05) is 5.41 Å². The van der Waals surface area contributed by atoms with E-state index in [4.69, 9.17) is 9.47 Å². The molecule has 3 nitrogen and oxygen atoms in total. The van der Waals surface area contributed by atoms with Crippen LogP contribution in [0.25, 0.3) is 0 Å². The molecule has 0 atom stereocenters. The molecule has 2 rings (SSSR count). The van der Waals surface area contributed by atoms with E-state index >= 15 is 0 Å². The van der Waals surface area contributed by atoms with Crippen LogP contribution in [0.5, 0.6) is 11.5 Å². The number of phenolic OH excluding ortho intramolecular Hbond substituents is 1. The van der Waals surface area contributed by atoms with Crippen LogP contribution < -0.4 is 4.74 Å². The van der Waals surface area contributed by atoms with Gasteiger partial charge in [0.05, 0.1) is 12.7 Å². The Bertz CT molecular complexity index is 598. The molecule has 23 heavy (non-hydrogen) atoms. The summed E-state index contributed by atoms with van der Waals surface area (Å²) in [4.78, 5) is 0. The number of benzene rings is 2. The average molecular weight is 314 g/mol. The third-order valence-electron chi connectivity index (χ3n) is 3.97. The lowest BCUT2D eigenvalue weighted by molar-refractivity contribution is 0.0552. The summed E-state index contributed by atoms with van der Waals surface area (Å²) in [6.07, 6.45) is 0.229. The number of hydrogen-bond donors (Lipinski definition) is 1. The van der Waals surface area contributed by atoms with Crippen molar-refractivity contribution in [1.82, 2.24) is 0 Å². The minimum Gasteiger partial charge on any atom is -0.508 e. The summed E-state index contributed by atoms with van der Waals surface area (Å²) in [5.41, 5.74) is 2.23. The maximum Gasteiger partial charge on any atom is 0.119 e. The molecular formula is C20H26O3. The molecule has 0 aliphatic rings. The lowest BCUT2D eigenvalue weighted by atomic mass is 9.78. The number of rotatable bonds is 7. The van der Waals surface area contributed by atoms with Crippen molar-refractivity contribution in [2.45, 2.75) is 39.2 Å². The quantitative estimate of drug-likeness (QED) is 0.764. The van der Waals surface area contributed by atoms with Crippen molar-refractivity contribution in [2.24, 2.45) is 0 Å². The second-order valence-electron chi connectivity index (χ2n) is 6.46. The average Bonchev–Trinajstić information content (AvgIpc) is 2.52. The van der Waals surface area contributed by atoms with E-state index in [1.165, 1.54) is 5.56 Å². The van der Waals surface area contributed by atoms with Gasteiger partial charge in [0.2, 0.25) is 0 Å². The van der Waals surface area contributed by atoms with Crippen LogP contribution in [0, 0.1) is 0 Å². The smallest absolute Gasteiger partial charge is 0.119 e. The Morgan fingerprint density at radius 1 is 0.870 bits per heavy atom. The highest BCUT2D eigenvalue weighted by Crippen LogP contribution is 2.33. The number of hydrogen-bond acceptors (Lipinski definition) is 3. The predicted molar refractivity (Wildman–Crippen MR) is 93.3 cm³/mol. The Hall–Kier alpha value is -2.00. The number of aromatic hydroxyl groups is 1. The SMILES string of the molecule is CC(C)OCCOc1ccc(C(C)(C)c2ccc(O)cc2)cc1. The molecule has 2 aromatic carbocycles. The molecule has 0 spiro atoms. The van der Waals surface area contributed by atoms with E-state index in [0.29, 0.717) is 13.2 Å². The van der Waals surface area contributed by atoms with Crippen molar-refractivity contribution < 1.29 is 14.6 Å². The van der Waals surface area contributed by atoms with Gasteiger partial charge in [-0.1, -0.05) is 38.1 Å². The van der Waals surface area contributed by atoms with Crippen molar-refractivity contribution >= 4 is 0 Å². The summed E-state index contributed by atoms with van der Waals surface area (Å²) < 4.78 is 11.2. The molecule has 0 fully saturated rings. The third-order valence-corrected chi connectivity index (χ3v) is 3.97. The molecule has 0 unspecified atom stereocenters. The summed E-state index contributed by atoms with van der Waals surface area (Å²) in [5, 5.41) is 9.44. The van der Waals surface area contributed by atoms with Gasteiger partial charge in [0.1, 0.15) is 18.1 Å². The number of ether oxygens (including phenoxy) is 2. The van der Waals surface area contributed by atoms with E-state index in [0.717, 1.165) is 11.3 Å². The molecule has 0 aliphatic heterocycles. The second kappa shape index (κ2) is 7.51. The molecule has 0 heterocycles. The van der Waals surface area contributed by atoms with Crippen molar-refractivity contribution in [1.29, 1.82) is 0 Å². The summed E-state index contributed by atoms with van der Waals surface area (Å²) >= 11 is 0. The summed E-state index contributed by atoms with van der Waals surface area (Å²) in [6.45, 7) is 9.52. The highest BCUT2D eigenvalue weighted by Gasteiger charge is 2.22. The van der Waals surface area contributed by atoms with Crippen LogP contribution in [0.15, 0.2) is 48.5 Å². The highest BCUT2D eigenvalue weighted by atomic mass is 16.5. The van der Waals surface area contributed by atoms with Gasteiger partial charge in [0.15, 0.2) is 0 Å². The van der Waals surface area contributed by atoms with E-state index in [1.54, 1.807) is 12.1 Å². The van der Waals surface area contributed by atoms with Gasteiger partial charge in [-0.2, -0.15) is 0 Å². The normalized spacial score (nSPS) is 11.7. The zero-order valence-electron chi connectivity index (χ0n) is 14.4. The van der Waals surface area contributed by atoms with Gasteiger partial charge < -0.3 is 14.6 Å². The van der Waals surface area contributed by atoms with Crippen LogP contribution in [0.1, 0.15) is 38.8 Å². The molecule has 0 aliphatic carbocycles. The summed E-state index contributed by atoms with van der Waals surface area (Å²) in [7, 11) is 0. The van der Waals surface area contributed by atoms with Crippen LogP contribution in [0.4, 0.5) is 0 Å². The first kappa shape index (κ1) is 17.4. The largest absolute Gasteiger partial charge is 0.508 e. The first-order valence-corrected chi connectivity index (χ1v) is 8.04. The molecule has 0 saturated heterocycles. The molecule has 3 heteroatoms. The second-order valence-corrected chi connectivity index (χ2v) is 6.46. The van der Waals surface area contributed by atoms with Crippen LogP contribution in [0.3, 0.4) is 0 Å². The zero-order valence-corrected chi connectivity index (χ0v) is 14.4. The Labute approximate surface area is 138 Å². The minimum atomic E-state index is -0.132. The standard InChI is InChI=1S/C20H26O3/c1-15(2)22-13-14-23-19-11-7-17(8-12-19)20(3,4)16-5-9-18(21)10-6-16/h5-12,15,21H,13-14H2,1-4H3. The Morgan fingerprint density at radius 2 is 1.39 bits per heavy atom. The topological polar surface area (TPSA) is 38.7 Å². The molecule has 0 amide bonds. The fourth-order valence-corrected chi connectivity index (χ4v) is 2.46. The highest BCUT2D eigenvalue weighted by molar-refractivity contribution is 5.41. The molecule has 1 N–H and O–H groups in total. The van der Waals surface area contributed by atoms with Crippen molar-refractivity contribution in [2.75, 3.05) is 13.2 Å². The zero-order chi connectivity index (χ0) is 16.9. The van der Waals surface area contributed by atoms with Crippen LogP contribution >= 0.6 is 0 Å². The van der Waals surface area contributed by atoms with Gasteiger partial charge in [0.25, 0.3) is 0 Å². The maximum atomic E-state index is 9.44. The fraction of sp³-hybridized carbons (Fsp3) is 0.400. The lowest BCUT2D eigenvalue weighted by Gasteiger charge is -2.26. The van der Waals surface area contributed by atoms with E-state index in [9.17, 15) is 5.11 Å². The van der Waals surface area contributed by atoms with E-state index in [-0.39, 0.29) is 17.3 Å². The Kier molecular flexibility index (Phi) is 5.67. The van der Waals surface area contributed by atoms with Crippen LogP contribution in [0.2, 0.25) is 0 Å². The van der Waals surface area contributed by atoms with Crippen molar-refractivity contribution in [3.8, 4) is 11.5 Å². The Morgan fingerprint density at radius 3 is 1.91 bits per heavy atom. The minimum absolute atomic E-state index is 0.132. The monoisotopic (exact) mass is 314 g/mol. The van der Waals surface area contributed by atoms with Gasteiger partial charge in [-0.15, -0.1) is 0 Å². The molecule has 124 valence electrons. The van der Waals surface area contributed by atoms with Gasteiger partial charge in [-0.3, -0.25) is 0 Å². The van der Waals surface area contributed by atoms with Gasteiger partial charge in [-0.25, -0.2) is 0 Å². The van der Waals surface area contributed by atoms with Crippen LogP contribution in [-0.2, 0) is 10.2 Å². The van der Waals surface area contributed by atoms with Crippen molar-refractivity contribution in [3.05, 3.63) is 59.7 Å². The lowest BCUT2D eigenvalue weighted by Crippen LogP contribution is -2.18. The summed E-state index contributed by atoms with van der Waals surface area (Å²) in [6, 6.07) is 15.5. The summed E-state index contributed by atoms with van der Waals surface area (Å²) in [5.74, 6) is 1.14. The molecule has 0 bridgehead atoms. The Balaban J connectivity index is 2.02. The fourth-order valence-electron chi connectivity index (χ4n) is 2.46. The maximum absolute atomic E-state index is 9.44. The van der Waals surface area contributed by atoms with Crippen LogP contribution in [-0.4, -0.2) is 24.4 Å². The van der Waals surface area contributed by atoms with E-state index < -0.39 is 0 Å².